The average Bonchev–Trinajstić information content (AvgIpc) is 2.11. The Bertz CT molecular complexity index is 333. The number of hydrogen-bond donors (Lipinski definition) is 1. The van der Waals surface area contributed by atoms with Crippen LogP contribution < -0.4 is 5.73 Å². The summed E-state index contributed by atoms with van der Waals surface area (Å²) in [5, 5.41) is 0. The van der Waals surface area contributed by atoms with Gasteiger partial charge in [-0.1, -0.05) is 17.7 Å². The second-order valence-electron chi connectivity index (χ2n) is 4.79. The van der Waals surface area contributed by atoms with E-state index in [4.69, 9.17) is 5.73 Å². The fourth-order valence-corrected chi connectivity index (χ4v) is 2.72. The summed E-state index contributed by atoms with van der Waals surface area (Å²) in [6, 6.07) is 4.48. The summed E-state index contributed by atoms with van der Waals surface area (Å²) in [7, 11) is 0. The van der Waals surface area contributed by atoms with Crippen molar-refractivity contribution in [2.45, 2.75) is 44.3 Å². The van der Waals surface area contributed by atoms with Crippen LogP contribution in [0.3, 0.4) is 0 Å². The SMILES string of the molecule is Cc1cc(C)c(SC(C)(C)CN)c(C)c1. The van der Waals surface area contributed by atoms with Gasteiger partial charge in [-0.15, -0.1) is 11.8 Å². The molecule has 2 N–H and O–H groups in total. The number of thioether (sulfide) groups is 1. The van der Waals surface area contributed by atoms with Crippen LogP contribution in [0.4, 0.5) is 0 Å². The van der Waals surface area contributed by atoms with Gasteiger partial charge in [0, 0.05) is 16.2 Å². The van der Waals surface area contributed by atoms with Gasteiger partial charge < -0.3 is 5.73 Å². The molecule has 1 nitrogen and oxygen atoms in total. The minimum Gasteiger partial charge on any atom is -0.329 e. The number of aryl methyl sites for hydroxylation is 3. The Morgan fingerprint density at radius 1 is 1.13 bits per heavy atom. The van der Waals surface area contributed by atoms with Crippen LogP contribution in [-0.4, -0.2) is 11.3 Å². The van der Waals surface area contributed by atoms with Gasteiger partial charge in [0.1, 0.15) is 0 Å². The molecule has 0 aliphatic heterocycles. The maximum absolute atomic E-state index is 5.76. The molecule has 0 bridgehead atoms. The molecule has 0 saturated carbocycles. The van der Waals surface area contributed by atoms with Crippen LogP contribution in [0, 0.1) is 20.8 Å². The van der Waals surface area contributed by atoms with Crippen molar-refractivity contribution < 1.29 is 0 Å². The first-order chi connectivity index (χ1) is 6.85. The van der Waals surface area contributed by atoms with Crippen molar-refractivity contribution in [3.05, 3.63) is 28.8 Å². The highest BCUT2D eigenvalue weighted by Gasteiger charge is 2.19. The second kappa shape index (κ2) is 4.58. The molecule has 0 aliphatic carbocycles. The maximum atomic E-state index is 5.76. The van der Waals surface area contributed by atoms with Gasteiger partial charge in [0.05, 0.1) is 0 Å². The standard InChI is InChI=1S/C13H21NS/c1-9-6-10(2)12(11(3)7-9)15-13(4,5)8-14/h6-7H,8,14H2,1-5H3. The summed E-state index contributed by atoms with van der Waals surface area (Å²) in [4.78, 5) is 1.39. The van der Waals surface area contributed by atoms with Crippen LogP contribution in [-0.2, 0) is 0 Å². The fourth-order valence-electron chi connectivity index (χ4n) is 1.65. The van der Waals surface area contributed by atoms with E-state index in [1.807, 2.05) is 11.8 Å². The molecule has 0 atom stereocenters. The predicted octanol–water partition coefficient (Wildman–Crippen LogP) is 3.44. The van der Waals surface area contributed by atoms with Gasteiger partial charge in [-0.3, -0.25) is 0 Å². The largest absolute Gasteiger partial charge is 0.329 e. The Morgan fingerprint density at radius 2 is 1.60 bits per heavy atom. The third-order valence-corrected chi connectivity index (χ3v) is 4.04. The number of rotatable bonds is 3. The Morgan fingerprint density at radius 3 is 2.00 bits per heavy atom. The van der Waals surface area contributed by atoms with Crippen LogP contribution in [0.5, 0.6) is 0 Å². The van der Waals surface area contributed by atoms with E-state index in [-0.39, 0.29) is 4.75 Å². The molecule has 1 rings (SSSR count). The first-order valence-corrected chi connectivity index (χ1v) is 6.14. The van der Waals surface area contributed by atoms with Crippen molar-refractivity contribution >= 4 is 11.8 Å². The molecule has 0 spiro atoms. The van der Waals surface area contributed by atoms with E-state index in [2.05, 4.69) is 46.8 Å². The van der Waals surface area contributed by atoms with Gasteiger partial charge in [-0.05, 0) is 45.7 Å². The highest BCUT2D eigenvalue weighted by atomic mass is 32.2. The summed E-state index contributed by atoms with van der Waals surface area (Å²) < 4.78 is 0.116. The van der Waals surface area contributed by atoms with Gasteiger partial charge in [0.15, 0.2) is 0 Å². The third-order valence-electron chi connectivity index (χ3n) is 2.47. The van der Waals surface area contributed by atoms with E-state index in [0.717, 1.165) is 0 Å². The quantitative estimate of drug-likeness (QED) is 0.794. The van der Waals surface area contributed by atoms with Crippen LogP contribution >= 0.6 is 11.8 Å². The predicted molar refractivity (Wildman–Crippen MR) is 69.6 cm³/mol. The second-order valence-corrected chi connectivity index (χ2v) is 6.51. The molecule has 0 aromatic heterocycles. The first-order valence-electron chi connectivity index (χ1n) is 5.32. The summed E-state index contributed by atoms with van der Waals surface area (Å²) in [5.74, 6) is 0. The van der Waals surface area contributed by atoms with Crippen molar-refractivity contribution in [2.24, 2.45) is 5.73 Å². The van der Waals surface area contributed by atoms with E-state index in [0.29, 0.717) is 6.54 Å². The van der Waals surface area contributed by atoms with Gasteiger partial charge >= 0.3 is 0 Å². The number of hydrogen-bond acceptors (Lipinski definition) is 2. The van der Waals surface area contributed by atoms with Crippen molar-refractivity contribution in [3.8, 4) is 0 Å². The molecule has 1 aromatic carbocycles. The molecule has 15 heavy (non-hydrogen) atoms. The molecule has 0 fully saturated rings. The zero-order chi connectivity index (χ0) is 11.6. The molecule has 1 aromatic rings. The molecule has 0 amide bonds. The molecule has 0 saturated heterocycles. The molecule has 0 heterocycles. The van der Waals surface area contributed by atoms with Gasteiger partial charge in [0.25, 0.3) is 0 Å². The Hall–Kier alpha value is -0.470. The van der Waals surface area contributed by atoms with Crippen molar-refractivity contribution in [1.29, 1.82) is 0 Å². The maximum Gasteiger partial charge on any atom is 0.0273 e. The number of nitrogens with two attached hydrogens (primary N) is 1. The van der Waals surface area contributed by atoms with E-state index in [1.165, 1.54) is 21.6 Å². The fraction of sp³-hybridized carbons (Fsp3) is 0.538. The topological polar surface area (TPSA) is 26.0 Å². The molecular weight excluding hydrogens is 202 g/mol. The lowest BCUT2D eigenvalue weighted by atomic mass is 10.1. The van der Waals surface area contributed by atoms with Crippen molar-refractivity contribution in [2.75, 3.05) is 6.54 Å². The zero-order valence-corrected chi connectivity index (χ0v) is 11.2. The lowest BCUT2D eigenvalue weighted by Gasteiger charge is -2.24. The third kappa shape index (κ3) is 3.25. The highest BCUT2D eigenvalue weighted by Crippen LogP contribution is 2.36. The van der Waals surface area contributed by atoms with Crippen LogP contribution in [0.1, 0.15) is 30.5 Å². The minimum absolute atomic E-state index is 0.116. The van der Waals surface area contributed by atoms with E-state index in [1.54, 1.807) is 0 Å². The number of benzene rings is 1. The van der Waals surface area contributed by atoms with Gasteiger partial charge in [-0.2, -0.15) is 0 Å². The average molecular weight is 223 g/mol. The van der Waals surface area contributed by atoms with E-state index < -0.39 is 0 Å². The molecule has 0 aliphatic rings. The van der Waals surface area contributed by atoms with Crippen LogP contribution in [0.2, 0.25) is 0 Å². The molecule has 0 unspecified atom stereocenters. The zero-order valence-electron chi connectivity index (χ0n) is 10.3. The summed E-state index contributed by atoms with van der Waals surface area (Å²) in [5.41, 5.74) is 9.82. The van der Waals surface area contributed by atoms with E-state index in [9.17, 15) is 0 Å². The first kappa shape index (κ1) is 12.6. The molecule has 2 heteroatoms. The monoisotopic (exact) mass is 223 g/mol. The Balaban J connectivity index is 3.05. The van der Waals surface area contributed by atoms with Crippen molar-refractivity contribution in [1.82, 2.24) is 0 Å². The Kier molecular flexibility index (Phi) is 3.85. The van der Waals surface area contributed by atoms with Crippen LogP contribution in [0.25, 0.3) is 0 Å². The summed E-state index contributed by atoms with van der Waals surface area (Å²) >= 11 is 1.88. The van der Waals surface area contributed by atoms with Crippen LogP contribution in [0.15, 0.2) is 17.0 Å². The molecule has 84 valence electrons. The molecule has 0 radical (unpaired) electrons. The summed E-state index contributed by atoms with van der Waals surface area (Å²) in [6.07, 6.45) is 0. The minimum atomic E-state index is 0.116. The Labute approximate surface area is 97.4 Å². The van der Waals surface area contributed by atoms with Crippen molar-refractivity contribution in [3.63, 3.8) is 0 Å². The molecular formula is C13H21NS. The van der Waals surface area contributed by atoms with Gasteiger partial charge in [0.2, 0.25) is 0 Å². The summed E-state index contributed by atoms with van der Waals surface area (Å²) in [6.45, 7) is 11.6. The lowest BCUT2D eigenvalue weighted by molar-refractivity contribution is 0.722. The highest BCUT2D eigenvalue weighted by molar-refractivity contribution is 8.00. The smallest absolute Gasteiger partial charge is 0.0273 e. The van der Waals surface area contributed by atoms with Gasteiger partial charge in [-0.25, -0.2) is 0 Å². The lowest BCUT2D eigenvalue weighted by Crippen LogP contribution is -2.26. The normalized spacial score (nSPS) is 11.9. The van der Waals surface area contributed by atoms with E-state index >= 15 is 0 Å².